The summed E-state index contributed by atoms with van der Waals surface area (Å²) < 4.78 is 5.27. The molecule has 1 saturated heterocycles. The predicted molar refractivity (Wildman–Crippen MR) is 66.2 cm³/mol. The minimum Gasteiger partial charge on any atom is -0.388 e. The summed E-state index contributed by atoms with van der Waals surface area (Å²) in [6.45, 7) is 2.28. The maximum absolute atomic E-state index is 10.5. The zero-order chi connectivity index (χ0) is 12.6. The molecule has 2 N–H and O–H groups in total. The molecular formula is C11H15ClN4O2. The van der Waals surface area contributed by atoms with E-state index in [1.807, 2.05) is 5.01 Å². The topological polar surface area (TPSA) is 70.5 Å². The SMILES string of the molecule is OC1(CN2NCc3ncc(Cl)nc32)CCOCC1. The lowest BCUT2D eigenvalue weighted by molar-refractivity contribution is -0.0586. The Morgan fingerprint density at radius 3 is 3.06 bits per heavy atom. The van der Waals surface area contributed by atoms with Gasteiger partial charge in [0, 0.05) is 26.1 Å². The normalized spacial score (nSPS) is 22.0. The van der Waals surface area contributed by atoms with E-state index < -0.39 is 5.60 Å². The number of rotatable bonds is 2. The lowest BCUT2D eigenvalue weighted by atomic mass is 9.94. The first-order chi connectivity index (χ1) is 8.66. The third kappa shape index (κ3) is 2.29. The third-order valence-electron chi connectivity index (χ3n) is 3.37. The summed E-state index contributed by atoms with van der Waals surface area (Å²) in [6, 6.07) is 0. The van der Waals surface area contributed by atoms with Crippen molar-refractivity contribution in [1.29, 1.82) is 0 Å². The highest BCUT2D eigenvalue weighted by molar-refractivity contribution is 6.29. The molecule has 0 amide bonds. The van der Waals surface area contributed by atoms with Crippen LogP contribution in [-0.2, 0) is 11.3 Å². The number of β-amino-alcohol motifs (C(OH)–C–C–N with tert-alkyl or cyclic N) is 1. The van der Waals surface area contributed by atoms with Gasteiger partial charge in [-0.1, -0.05) is 11.6 Å². The zero-order valence-electron chi connectivity index (χ0n) is 9.90. The van der Waals surface area contributed by atoms with E-state index in [9.17, 15) is 5.11 Å². The summed E-state index contributed by atoms with van der Waals surface area (Å²) in [6.07, 6.45) is 2.80. The fraction of sp³-hybridized carbons (Fsp3) is 0.636. The van der Waals surface area contributed by atoms with E-state index in [1.165, 1.54) is 6.20 Å². The first kappa shape index (κ1) is 12.1. The summed E-state index contributed by atoms with van der Waals surface area (Å²) >= 11 is 5.86. The molecule has 3 rings (SSSR count). The first-order valence-electron chi connectivity index (χ1n) is 5.99. The number of nitrogens with one attached hydrogen (secondary N) is 1. The van der Waals surface area contributed by atoms with Gasteiger partial charge in [0.25, 0.3) is 0 Å². The average molecular weight is 271 g/mol. The Morgan fingerprint density at radius 1 is 1.50 bits per heavy atom. The van der Waals surface area contributed by atoms with E-state index in [0.29, 0.717) is 50.1 Å². The van der Waals surface area contributed by atoms with Crippen LogP contribution in [0, 0.1) is 0 Å². The van der Waals surface area contributed by atoms with Crippen LogP contribution in [0.1, 0.15) is 18.5 Å². The summed E-state index contributed by atoms with van der Waals surface area (Å²) in [5.41, 5.74) is 3.29. The van der Waals surface area contributed by atoms with Gasteiger partial charge in [0.1, 0.15) is 5.15 Å². The average Bonchev–Trinajstić information content (AvgIpc) is 2.72. The lowest BCUT2D eigenvalue weighted by Gasteiger charge is -2.35. The summed E-state index contributed by atoms with van der Waals surface area (Å²) in [7, 11) is 0. The maximum Gasteiger partial charge on any atom is 0.167 e. The van der Waals surface area contributed by atoms with Gasteiger partial charge in [0.2, 0.25) is 0 Å². The minimum atomic E-state index is -0.739. The molecule has 0 aliphatic carbocycles. The molecule has 1 aromatic heterocycles. The molecule has 2 aliphatic rings. The fourth-order valence-electron chi connectivity index (χ4n) is 2.30. The number of hydrazine groups is 1. The van der Waals surface area contributed by atoms with Gasteiger partial charge < -0.3 is 9.84 Å². The van der Waals surface area contributed by atoms with Gasteiger partial charge in [-0.3, -0.25) is 9.99 Å². The van der Waals surface area contributed by atoms with Gasteiger partial charge in [0.05, 0.1) is 30.6 Å². The zero-order valence-corrected chi connectivity index (χ0v) is 10.7. The molecule has 18 heavy (non-hydrogen) atoms. The van der Waals surface area contributed by atoms with Crippen molar-refractivity contribution in [3.05, 3.63) is 17.0 Å². The Hall–Kier alpha value is -0.950. The molecule has 6 nitrogen and oxygen atoms in total. The number of hydrogen-bond donors (Lipinski definition) is 2. The van der Waals surface area contributed by atoms with Crippen LogP contribution >= 0.6 is 11.6 Å². The quantitative estimate of drug-likeness (QED) is 0.815. The number of fused-ring (bicyclic) bond motifs is 1. The molecule has 1 aromatic rings. The summed E-state index contributed by atoms with van der Waals surface area (Å²) in [4.78, 5) is 8.48. The minimum absolute atomic E-state index is 0.362. The second-order valence-electron chi connectivity index (χ2n) is 4.72. The maximum atomic E-state index is 10.5. The van der Waals surface area contributed by atoms with Gasteiger partial charge in [-0.25, -0.2) is 10.4 Å². The standard InChI is InChI=1S/C11H15ClN4O2/c12-9-6-13-8-5-14-16(10(8)15-9)7-11(17)1-3-18-4-2-11/h6,14,17H,1-5,7H2. The van der Waals surface area contributed by atoms with Gasteiger partial charge >= 0.3 is 0 Å². The van der Waals surface area contributed by atoms with Crippen molar-refractivity contribution in [2.45, 2.75) is 25.0 Å². The molecule has 0 spiro atoms. The van der Waals surface area contributed by atoms with Crippen molar-refractivity contribution in [1.82, 2.24) is 15.4 Å². The van der Waals surface area contributed by atoms with E-state index in [2.05, 4.69) is 15.4 Å². The molecule has 0 bridgehead atoms. The summed E-state index contributed by atoms with van der Waals surface area (Å²) in [5, 5.41) is 12.7. The van der Waals surface area contributed by atoms with E-state index in [0.717, 1.165) is 5.69 Å². The number of hydrogen-bond acceptors (Lipinski definition) is 6. The predicted octanol–water partition coefficient (Wildman–Crippen LogP) is 0.496. The van der Waals surface area contributed by atoms with E-state index in [1.54, 1.807) is 0 Å². The van der Waals surface area contributed by atoms with E-state index in [4.69, 9.17) is 16.3 Å². The number of anilines is 1. The van der Waals surface area contributed by atoms with Crippen LogP contribution in [0.2, 0.25) is 5.15 Å². The molecule has 3 heterocycles. The van der Waals surface area contributed by atoms with Crippen LogP contribution in [0.3, 0.4) is 0 Å². The molecule has 2 aliphatic heterocycles. The molecule has 1 fully saturated rings. The van der Waals surface area contributed by atoms with Gasteiger partial charge in [-0.05, 0) is 0 Å². The molecule has 0 atom stereocenters. The third-order valence-corrected chi connectivity index (χ3v) is 3.55. The van der Waals surface area contributed by atoms with Crippen molar-refractivity contribution >= 4 is 17.4 Å². The molecular weight excluding hydrogens is 256 g/mol. The van der Waals surface area contributed by atoms with Crippen LogP contribution in [0.5, 0.6) is 0 Å². The molecule has 7 heteroatoms. The van der Waals surface area contributed by atoms with Gasteiger partial charge in [0.15, 0.2) is 5.82 Å². The Labute approximate surface area is 110 Å². The number of ether oxygens (including phenoxy) is 1. The van der Waals surface area contributed by atoms with Crippen LogP contribution in [0.4, 0.5) is 5.82 Å². The smallest absolute Gasteiger partial charge is 0.167 e. The van der Waals surface area contributed by atoms with E-state index in [-0.39, 0.29) is 0 Å². The Balaban J connectivity index is 1.77. The fourth-order valence-corrected chi connectivity index (χ4v) is 2.43. The number of nitrogens with zero attached hydrogens (tertiary/aromatic N) is 3. The van der Waals surface area contributed by atoms with Crippen molar-refractivity contribution in [2.75, 3.05) is 24.8 Å². The molecule has 0 saturated carbocycles. The number of halogens is 1. The van der Waals surface area contributed by atoms with Crippen molar-refractivity contribution in [2.24, 2.45) is 0 Å². The largest absolute Gasteiger partial charge is 0.388 e. The highest BCUT2D eigenvalue weighted by Crippen LogP contribution is 2.27. The van der Waals surface area contributed by atoms with Crippen LogP contribution in [-0.4, -0.2) is 40.4 Å². The van der Waals surface area contributed by atoms with Crippen molar-refractivity contribution < 1.29 is 9.84 Å². The van der Waals surface area contributed by atoms with Gasteiger partial charge in [-0.2, -0.15) is 0 Å². The molecule has 98 valence electrons. The van der Waals surface area contributed by atoms with Crippen molar-refractivity contribution in [3.8, 4) is 0 Å². The first-order valence-corrected chi connectivity index (χ1v) is 6.37. The Bertz CT molecular complexity index is 451. The second-order valence-corrected chi connectivity index (χ2v) is 5.11. The monoisotopic (exact) mass is 270 g/mol. The summed E-state index contributed by atoms with van der Waals surface area (Å²) in [5.74, 6) is 0.711. The Morgan fingerprint density at radius 2 is 2.28 bits per heavy atom. The highest BCUT2D eigenvalue weighted by Gasteiger charge is 2.35. The Kier molecular flexibility index (Phi) is 3.11. The number of aliphatic hydroxyl groups is 1. The molecule has 0 aromatic carbocycles. The molecule has 0 unspecified atom stereocenters. The molecule has 0 radical (unpaired) electrons. The second kappa shape index (κ2) is 4.62. The van der Waals surface area contributed by atoms with Crippen LogP contribution in [0.15, 0.2) is 6.20 Å². The lowest BCUT2D eigenvalue weighted by Crippen LogP contribution is -2.49. The van der Waals surface area contributed by atoms with E-state index >= 15 is 0 Å². The number of aromatic nitrogens is 2. The van der Waals surface area contributed by atoms with Gasteiger partial charge in [-0.15, -0.1) is 0 Å². The highest BCUT2D eigenvalue weighted by atomic mass is 35.5. The van der Waals surface area contributed by atoms with Crippen LogP contribution in [0.25, 0.3) is 0 Å². The van der Waals surface area contributed by atoms with Crippen molar-refractivity contribution in [3.63, 3.8) is 0 Å². The van der Waals surface area contributed by atoms with Crippen LogP contribution < -0.4 is 10.4 Å².